The quantitative estimate of drug-likeness (QED) is 0.489. The van der Waals surface area contributed by atoms with Crippen LogP contribution in [0, 0.1) is 0 Å². The summed E-state index contributed by atoms with van der Waals surface area (Å²) in [5.74, 6) is 1.21. The number of nitrogens with one attached hydrogen (secondary N) is 1. The summed E-state index contributed by atoms with van der Waals surface area (Å²) in [4.78, 5) is 17.3. The van der Waals surface area contributed by atoms with E-state index in [9.17, 15) is 0 Å². The Morgan fingerprint density at radius 2 is 1.84 bits per heavy atom. The highest BCUT2D eigenvalue weighted by Crippen LogP contribution is 2.25. The van der Waals surface area contributed by atoms with Gasteiger partial charge in [-0.05, 0) is 24.3 Å². The Kier molecular flexibility index (Phi) is 3.55. The maximum atomic E-state index is 5.97. The van der Waals surface area contributed by atoms with Crippen molar-refractivity contribution < 1.29 is 5.71 Å². The van der Waals surface area contributed by atoms with Gasteiger partial charge in [0.05, 0.1) is 11.9 Å². The SMILES string of the molecule is Nc1cccc(-c2n[nH]c(-c3nc(-c4cccnc4)cnc3N)n2)c1.[HH].[HH].[HH].[HH]. The lowest BCUT2D eigenvalue weighted by atomic mass is 10.2. The molecule has 0 aliphatic heterocycles. The molecule has 0 fully saturated rings. The van der Waals surface area contributed by atoms with Crippen LogP contribution in [0.25, 0.3) is 34.2 Å². The molecule has 8 nitrogen and oxygen atoms in total. The van der Waals surface area contributed by atoms with Gasteiger partial charge in [0.15, 0.2) is 17.5 Å². The predicted molar refractivity (Wildman–Crippen MR) is 103 cm³/mol. The number of nitrogens with two attached hydrogens (primary N) is 2. The summed E-state index contributed by atoms with van der Waals surface area (Å²) < 4.78 is 0. The molecule has 0 unspecified atom stereocenters. The number of nitrogen functional groups attached to an aromatic ring is 2. The zero-order valence-corrected chi connectivity index (χ0v) is 13.1. The van der Waals surface area contributed by atoms with Crippen molar-refractivity contribution in [1.82, 2.24) is 30.1 Å². The van der Waals surface area contributed by atoms with Crippen LogP contribution in [0.3, 0.4) is 0 Å². The summed E-state index contributed by atoms with van der Waals surface area (Å²) in [6.07, 6.45) is 5.01. The first-order valence-corrected chi connectivity index (χ1v) is 7.52. The fraction of sp³-hybridized carbons (Fsp3) is 0. The molecule has 4 rings (SSSR count). The summed E-state index contributed by atoms with van der Waals surface area (Å²) in [6, 6.07) is 11.1. The van der Waals surface area contributed by atoms with Crippen molar-refractivity contribution in [3.8, 4) is 34.2 Å². The lowest BCUT2D eigenvalue weighted by molar-refractivity contribution is 1.08. The van der Waals surface area contributed by atoms with Gasteiger partial charge in [-0.25, -0.2) is 15.0 Å². The smallest absolute Gasteiger partial charge is 0.181 e. The predicted octanol–water partition coefficient (Wildman–Crippen LogP) is 3.14. The molecule has 0 amide bonds. The minimum absolute atomic E-state index is 0. The van der Waals surface area contributed by atoms with Gasteiger partial charge in [0.1, 0.15) is 5.69 Å². The molecule has 1 aromatic carbocycles. The molecule has 0 atom stereocenters. The Bertz CT molecular complexity index is 1040. The molecule has 4 aromatic rings. The number of nitrogens with zero attached hydrogens (tertiary/aromatic N) is 5. The van der Waals surface area contributed by atoms with Gasteiger partial charge in [-0.1, -0.05) is 12.1 Å². The molecule has 0 aliphatic carbocycles. The Hall–Kier alpha value is -3.81. The van der Waals surface area contributed by atoms with E-state index in [1.807, 2.05) is 24.3 Å². The first-order chi connectivity index (χ1) is 12.2. The summed E-state index contributed by atoms with van der Waals surface area (Å²) >= 11 is 0. The molecule has 3 aromatic heterocycles. The standard InChI is InChI=1S/C17H14N8.4H2/c18-12-5-1-3-10(7-12)16-23-17(25-24-16)14-15(19)21-9-13(22-14)11-4-2-6-20-8-11;;;;/h1-9H,18H2,(H2,19,21)(H,23,24,25);4*1H. The van der Waals surface area contributed by atoms with Crippen molar-refractivity contribution in [3.63, 3.8) is 0 Å². The van der Waals surface area contributed by atoms with Crippen molar-refractivity contribution in [2.45, 2.75) is 0 Å². The van der Waals surface area contributed by atoms with Gasteiger partial charge in [-0.2, -0.15) is 5.10 Å². The Morgan fingerprint density at radius 1 is 0.960 bits per heavy atom. The van der Waals surface area contributed by atoms with E-state index in [2.05, 4.69) is 30.1 Å². The Balaban J connectivity index is 0.00000196. The van der Waals surface area contributed by atoms with Crippen LogP contribution in [-0.2, 0) is 0 Å². The van der Waals surface area contributed by atoms with Crippen LogP contribution < -0.4 is 11.5 Å². The van der Waals surface area contributed by atoms with E-state index in [0.29, 0.717) is 28.7 Å². The maximum absolute atomic E-state index is 5.97. The number of pyridine rings is 1. The highest BCUT2D eigenvalue weighted by Gasteiger charge is 2.14. The van der Waals surface area contributed by atoms with E-state index < -0.39 is 0 Å². The van der Waals surface area contributed by atoms with Crippen LogP contribution >= 0.6 is 0 Å². The molecular weight excluding hydrogens is 316 g/mol. The van der Waals surface area contributed by atoms with E-state index >= 15 is 0 Å². The molecule has 130 valence electrons. The number of aromatic amines is 1. The number of anilines is 2. The Labute approximate surface area is 148 Å². The molecule has 25 heavy (non-hydrogen) atoms. The molecule has 0 aliphatic rings. The number of benzene rings is 1. The lowest BCUT2D eigenvalue weighted by Crippen LogP contribution is -2.00. The minimum Gasteiger partial charge on any atom is -0.399 e. The third-order valence-electron chi connectivity index (χ3n) is 3.61. The van der Waals surface area contributed by atoms with Gasteiger partial charge in [0.2, 0.25) is 0 Å². The summed E-state index contributed by atoms with van der Waals surface area (Å²) in [7, 11) is 0. The third kappa shape index (κ3) is 2.88. The van der Waals surface area contributed by atoms with E-state index in [4.69, 9.17) is 11.5 Å². The van der Waals surface area contributed by atoms with Crippen molar-refractivity contribution in [1.29, 1.82) is 0 Å². The van der Waals surface area contributed by atoms with Crippen molar-refractivity contribution in [2.75, 3.05) is 11.5 Å². The molecule has 0 radical (unpaired) electrons. The van der Waals surface area contributed by atoms with Crippen LogP contribution in [-0.4, -0.2) is 30.1 Å². The number of H-pyrrole nitrogens is 1. The summed E-state index contributed by atoms with van der Waals surface area (Å²) in [5.41, 5.74) is 15.2. The molecule has 0 spiro atoms. The van der Waals surface area contributed by atoms with Crippen molar-refractivity contribution >= 4 is 11.5 Å². The second-order valence-corrected chi connectivity index (χ2v) is 5.36. The van der Waals surface area contributed by atoms with Crippen LogP contribution in [0.4, 0.5) is 11.5 Å². The summed E-state index contributed by atoms with van der Waals surface area (Å²) in [6.45, 7) is 0. The van der Waals surface area contributed by atoms with Gasteiger partial charge in [-0.15, -0.1) is 0 Å². The number of hydrogen-bond donors (Lipinski definition) is 3. The number of rotatable bonds is 3. The van der Waals surface area contributed by atoms with E-state index in [-0.39, 0.29) is 11.5 Å². The molecule has 0 saturated heterocycles. The second-order valence-electron chi connectivity index (χ2n) is 5.36. The fourth-order valence-electron chi connectivity index (χ4n) is 2.40. The average molecular weight is 338 g/mol. The molecule has 3 heterocycles. The van der Waals surface area contributed by atoms with E-state index in [0.717, 1.165) is 11.1 Å². The van der Waals surface area contributed by atoms with Gasteiger partial charge < -0.3 is 11.5 Å². The maximum Gasteiger partial charge on any atom is 0.181 e. The highest BCUT2D eigenvalue weighted by atomic mass is 15.2. The van der Waals surface area contributed by atoms with Crippen LogP contribution in [0.5, 0.6) is 0 Å². The van der Waals surface area contributed by atoms with Crippen LogP contribution in [0.15, 0.2) is 55.0 Å². The van der Waals surface area contributed by atoms with Crippen molar-refractivity contribution in [2.24, 2.45) is 0 Å². The topological polar surface area (TPSA) is 132 Å². The van der Waals surface area contributed by atoms with Crippen molar-refractivity contribution in [3.05, 3.63) is 55.0 Å². The lowest BCUT2D eigenvalue weighted by Gasteiger charge is -2.04. The van der Waals surface area contributed by atoms with Gasteiger partial charge in [0.25, 0.3) is 0 Å². The fourth-order valence-corrected chi connectivity index (χ4v) is 2.40. The molecular formula is C17H22N8. The van der Waals surface area contributed by atoms with Gasteiger partial charge >= 0.3 is 0 Å². The van der Waals surface area contributed by atoms with Crippen LogP contribution in [0.2, 0.25) is 0 Å². The molecule has 8 heteroatoms. The second kappa shape index (κ2) is 6.00. The van der Waals surface area contributed by atoms with Gasteiger partial charge in [-0.3, -0.25) is 10.1 Å². The highest BCUT2D eigenvalue weighted by molar-refractivity contribution is 5.70. The number of aromatic nitrogens is 6. The molecule has 0 saturated carbocycles. The zero-order chi connectivity index (χ0) is 17.2. The zero-order valence-electron chi connectivity index (χ0n) is 13.1. The first-order valence-electron chi connectivity index (χ1n) is 7.52. The summed E-state index contributed by atoms with van der Waals surface area (Å²) in [5, 5.41) is 7.08. The molecule has 5 N–H and O–H groups in total. The molecule has 0 bridgehead atoms. The Morgan fingerprint density at radius 3 is 2.64 bits per heavy atom. The minimum atomic E-state index is 0. The van der Waals surface area contributed by atoms with Crippen LogP contribution in [0.1, 0.15) is 5.71 Å². The number of hydrogen-bond acceptors (Lipinski definition) is 7. The third-order valence-corrected chi connectivity index (χ3v) is 3.61. The van der Waals surface area contributed by atoms with Gasteiger partial charge in [0, 0.05) is 34.9 Å². The van der Waals surface area contributed by atoms with E-state index in [1.165, 1.54) is 0 Å². The first kappa shape index (κ1) is 14.8. The largest absolute Gasteiger partial charge is 0.399 e. The van der Waals surface area contributed by atoms with E-state index in [1.54, 1.807) is 30.7 Å². The monoisotopic (exact) mass is 338 g/mol. The normalized spacial score (nSPS) is 10.7. The average Bonchev–Trinajstić information content (AvgIpc) is 3.13.